The van der Waals surface area contributed by atoms with Crippen LogP contribution in [0.25, 0.3) is 0 Å². The molecule has 2 unspecified atom stereocenters. The van der Waals surface area contributed by atoms with Gasteiger partial charge in [0, 0.05) is 6.21 Å². The van der Waals surface area contributed by atoms with Crippen LogP contribution in [0, 0.1) is 17.3 Å². The molecule has 2 fully saturated rings. The molecule has 3 heteroatoms. The van der Waals surface area contributed by atoms with Crippen molar-refractivity contribution in [2.24, 2.45) is 28.0 Å². The lowest BCUT2D eigenvalue weighted by molar-refractivity contribution is -0.127. The van der Waals surface area contributed by atoms with E-state index >= 15 is 0 Å². The van der Waals surface area contributed by atoms with Crippen molar-refractivity contribution in [3.8, 4) is 0 Å². The lowest BCUT2D eigenvalue weighted by Crippen LogP contribution is -2.46. The molecule has 1 heterocycles. The van der Waals surface area contributed by atoms with Crippen LogP contribution in [0.15, 0.2) is 17.1 Å². The number of amides is 1. The zero-order valence-corrected chi connectivity index (χ0v) is 10.1. The predicted molar refractivity (Wildman–Crippen MR) is 67.7 cm³/mol. The van der Waals surface area contributed by atoms with Gasteiger partial charge >= 0.3 is 0 Å². The molecule has 0 aromatic rings. The highest BCUT2D eigenvalue weighted by molar-refractivity contribution is 5.87. The van der Waals surface area contributed by atoms with Gasteiger partial charge in [-0.3, -0.25) is 9.79 Å². The summed E-state index contributed by atoms with van der Waals surface area (Å²) in [6.45, 7) is 0. The van der Waals surface area contributed by atoms with Gasteiger partial charge < -0.3 is 5.73 Å². The number of allylic oxidation sites excluding steroid dienone is 1. The van der Waals surface area contributed by atoms with E-state index in [1.54, 1.807) is 0 Å². The fourth-order valence-electron chi connectivity index (χ4n) is 2.90. The first-order valence-corrected chi connectivity index (χ1v) is 6.71. The van der Waals surface area contributed by atoms with E-state index in [0.717, 1.165) is 18.8 Å². The molecule has 2 saturated carbocycles. The zero-order chi connectivity index (χ0) is 11.9. The van der Waals surface area contributed by atoms with Gasteiger partial charge in [0.05, 0.1) is 11.5 Å². The lowest BCUT2D eigenvalue weighted by Gasteiger charge is -2.35. The monoisotopic (exact) mass is 232 g/mol. The molecule has 3 rings (SSSR count). The molecule has 0 aromatic heterocycles. The molecule has 0 radical (unpaired) electrons. The van der Waals surface area contributed by atoms with Gasteiger partial charge in [-0.1, -0.05) is 31.8 Å². The standard InChI is InChI=1S/C14H20N2O/c15-13(17)14(9-11-4-5-11)6-1-7-16-12(14)8-10-2-3-10/h1,6-7,10-12H,2-5,8-9H2,(H2,15,17). The Morgan fingerprint density at radius 2 is 2.00 bits per heavy atom. The molecule has 0 spiro atoms. The third-order valence-corrected chi connectivity index (χ3v) is 4.38. The minimum absolute atomic E-state index is 0.0955. The van der Waals surface area contributed by atoms with Crippen LogP contribution in [0.5, 0.6) is 0 Å². The molecule has 0 aromatic carbocycles. The second-order valence-corrected chi connectivity index (χ2v) is 5.90. The van der Waals surface area contributed by atoms with Crippen molar-refractivity contribution < 1.29 is 4.79 Å². The Hall–Kier alpha value is -1.12. The van der Waals surface area contributed by atoms with Gasteiger partial charge in [0.25, 0.3) is 0 Å². The Labute approximate surface area is 102 Å². The summed E-state index contributed by atoms with van der Waals surface area (Å²) in [6.07, 6.45) is 12.8. The van der Waals surface area contributed by atoms with Gasteiger partial charge in [-0.05, 0) is 30.8 Å². The van der Waals surface area contributed by atoms with Crippen molar-refractivity contribution in [1.29, 1.82) is 0 Å². The maximum absolute atomic E-state index is 11.9. The van der Waals surface area contributed by atoms with E-state index in [9.17, 15) is 4.79 Å². The van der Waals surface area contributed by atoms with E-state index in [4.69, 9.17) is 5.73 Å². The molecule has 3 nitrogen and oxygen atoms in total. The third-order valence-electron chi connectivity index (χ3n) is 4.38. The molecule has 3 aliphatic rings. The first-order chi connectivity index (χ1) is 8.21. The number of carbonyl (C=O) groups is 1. The summed E-state index contributed by atoms with van der Waals surface area (Å²) >= 11 is 0. The molecular weight excluding hydrogens is 212 g/mol. The summed E-state index contributed by atoms with van der Waals surface area (Å²) in [6, 6.07) is 0.0955. The van der Waals surface area contributed by atoms with Crippen molar-refractivity contribution in [3.63, 3.8) is 0 Å². The average molecular weight is 232 g/mol. The largest absolute Gasteiger partial charge is 0.369 e. The summed E-state index contributed by atoms with van der Waals surface area (Å²) in [5, 5.41) is 0. The number of hydrogen-bond acceptors (Lipinski definition) is 2. The first kappa shape index (κ1) is 11.0. The van der Waals surface area contributed by atoms with Gasteiger partial charge in [0.2, 0.25) is 5.91 Å². The van der Waals surface area contributed by atoms with Crippen molar-refractivity contribution >= 4 is 12.1 Å². The minimum Gasteiger partial charge on any atom is -0.369 e. The Bertz CT molecular complexity index is 380. The number of hydrogen-bond donors (Lipinski definition) is 1. The van der Waals surface area contributed by atoms with Crippen LogP contribution >= 0.6 is 0 Å². The molecule has 92 valence electrons. The fraction of sp³-hybridized carbons (Fsp3) is 0.714. The number of dihydropyridines is 1. The van der Waals surface area contributed by atoms with E-state index in [1.807, 2.05) is 18.4 Å². The van der Waals surface area contributed by atoms with Crippen molar-refractivity contribution in [1.82, 2.24) is 0 Å². The van der Waals surface area contributed by atoms with Crippen LogP contribution in [0.1, 0.15) is 38.5 Å². The van der Waals surface area contributed by atoms with Crippen LogP contribution in [0.3, 0.4) is 0 Å². The van der Waals surface area contributed by atoms with E-state index in [1.165, 1.54) is 25.7 Å². The first-order valence-electron chi connectivity index (χ1n) is 6.71. The zero-order valence-electron chi connectivity index (χ0n) is 10.1. The predicted octanol–water partition coefficient (Wildman–Crippen LogP) is 2.07. The van der Waals surface area contributed by atoms with Crippen molar-refractivity contribution in [3.05, 3.63) is 12.2 Å². The van der Waals surface area contributed by atoms with Crippen LogP contribution in [-0.2, 0) is 4.79 Å². The van der Waals surface area contributed by atoms with Gasteiger partial charge in [-0.15, -0.1) is 0 Å². The molecular formula is C14H20N2O. The summed E-state index contributed by atoms with van der Waals surface area (Å²) in [7, 11) is 0. The topological polar surface area (TPSA) is 55.5 Å². The van der Waals surface area contributed by atoms with Crippen molar-refractivity contribution in [2.45, 2.75) is 44.6 Å². The second kappa shape index (κ2) is 3.97. The number of carbonyl (C=O) groups excluding carboxylic acids is 1. The highest BCUT2D eigenvalue weighted by Crippen LogP contribution is 2.48. The fourth-order valence-corrected chi connectivity index (χ4v) is 2.90. The number of aliphatic imine (C=N–C) groups is 1. The van der Waals surface area contributed by atoms with Crippen LogP contribution in [0.4, 0.5) is 0 Å². The number of nitrogens with two attached hydrogens (primary N) is 1. The second-order valence-electron chi connectivity index (χ2n) is 5.90. The Balaban J connectivity index is 1.83. The molecule has 0 bridgehead atoms. The summed E-state index contributed by atoms with van der Waals surface area (Å²) in [5.41, 5.74) is 5.21. The van der Waals surface area contributed by atoms with Gasteiger partial charge in [-0.2, -0.15) is 0 Å². The smallest absolute Gasteiger partial charge is 0.229 e. The van der Waals surface area contributed by atoms with Crippen molar-refractivity contribution in [2.75, 3.05) is 0 Å². The summed E-state index contributed by atoms with van der Waals surface area (Å²) in [4.78, 5) is 16.5. The highest BCUT2D eigenvalue weighted by Gasteiger charge is 2.47. The van der Waals surface area contributed by atoms with Gasteiger partial charge in [-0.25, -0.2) is 0 Å². The van der Waals surface area contributed by atoms with Crippen LogP contribution in [0.2, 0.25) is 0 Å². The number of primary amides is 1. The Morgan fingerprint density at radius 3 is 2.59 bits per heavy atom. The Kier molecular flexibility index (Phi) is 2.57. The molecule has 17 heavy (non-hydrogen) atoms. The van der Waals surface area contributed by atoms with Gasteiger partial charge in [0.15, 0.2) is 0 Å². The van der Waals surface area contributed by atoms with E-state index in [2.05, 4.69) is 4.99 Å². The van der Waals surface area contributed by atoms with Gasteiger partial charge in [0.1, 0.15) is 0 Å². The summed E-state index contributed by atoms with van der Waals surface area (Å²) in [5.74, 6) is 1.30. The molecule has 1 amide bonds. The highest BCUT2D eigenvalue weighted by atomic mass is 16.1. The molecule has 2 atom stereocenters. The quantitative estimate of drug-likeness (QED) is 0.775. The van der Waals surface area contributed by atoms with E-state index in [-0.39, 0.29) is 11.9 Å². The third kappa shape index (κ3) is 2.15. The van der Waals surface area contributed by atoms with E-state index < -0.39 is 5.41 Å². The average Bonchev–Trinajstić information content (AvgIpc) is 3.15. The maximum atomic E-state index is 11.9. The molecule has 0 saturated heterocycles. The number of rotatable bonds is 5. The SMILES string of the molecule is NC(=O)C1(CC2CC2)C=CC=NC1CC1CC1. The molecule has 2 aliphatic carbocycles. The van der Waals surface area contributed by atoms with Crippen LogP contribution in [-0.4, -0.2) is 18.2 Å². The summed E-state index contributed by atoms with van der Waals surface area (Å²) < 4.78 is 0. The Morgan fingerprint density at radius 1 is 1.29 bits per heavy atom. The molecule has 1 aliphatic heterocycles. The minimum atomic E-state index is -0.488. The molecule has 2 N–H and O–H groups in total. The maximum Gasteiger partial charge on any atom is 0.229 e. The lowest BCUT2D eigenvalue weighted by atomic mass is 9.72. The van der Waals surface area contributed by atoms with Crippen LogP contribution < -0.4 is 5.73 Å². The normalized spacial score (nSPS) is 36.1. The number of nitrogens with zero attached hydrogens (tertiary/aromatic N) is 1. The van der Waals surface area contributed by atoms with E-state index in [0.29, 0.717) is 5.92 Å².